The van der Waals surface area contributed by atoms with Crippen LogP contribution in [0.25, 0.3) is 0 Å². The highest BCUT2D eigenvalue weighted by molar-refractivity contribution is 9.10. The average molecular weight is 370 g/mol. The number of hydrogen-bond acceptors (Lipinski definition) is 5. The molecular weight excluding hydrogens is 354 g/mol. The zero-order valence-corrected chi connectivity index (χ0v) is 14.2. The number of nitrogens with zero attached hydrogens (tertiary/aromatic N) is 3. The molecule has 21 heavy (non-hydrogen) atoms. The summed E-state index contributed by atoms with van der Waals surface area (Å²) >= 11 is 4.59. The molecule has 0 radical (unpaired) electrons. The maximum absolute atomic E-state index is 11.8. The Morgan fingerprint density at radius 2 is 2.29 bits per heavy atom. The molecular formula is C13H16BrN5OS. The summed E-state index contributed by atoms with van der Waals surface area (Å²) in [5.41, 5.74) is 0. The van der Waals surface area contributed by atoms with Crippen molar-refractivity contribution in [1.82, 2.24) is 20.2 Å². The molecule has 8 heteroatoms. The lowest BCUT2D eigenvalue weighted by Crippen LogP contribution is -2.14. The van der Waals surface area contributed by atoms with Crippen LogP contribution in [0.15, 0.2) is 28.0 Å². The maximum atomic E-state index is 11.8. The van der Waals surface area contributed by atoms with Gasteiger partial charge in [-0.3, -0.25) is 9.89 Å². The zero-order chi connectivity index (χ0) is 15.2. The molecule has 0 unspecified atom stereocenters. The van der Waals surface area contributed by atoms with E-state index in [1.165, 1.54) is 11.8 Å². The molecule has 2 heterocycles. The number of aromatic amines is 1. The number of hydrogen-bond donors (Lipinski definition) is 2. The van der Waals surface area contributed by atoms with E-state index < -0.39 is 0 Å². The van der Waals surface area contributed by atoms with Crippen molar-refractivity contribution in [2.45, 2.75) is 25.4 Å². The summed E-state index contributed by atoms with van der Waals surface area (Å²) in [5, 5.41) is 10.3. The number of halogens is 1. The first-order chi connectivity index (χ1) is 10.0. The number of anilines is 1. The second-order valence-corrected chi connectivity index (χ2v) is 6.72. The molecule has 0 spiro atoms. The van der Waals surface area contributed by atoms with Crippen molar-refractivity contribution in [3.05, 3.63) is 28.6 Å². The summed E-state index contributed by atoms with van der Waals surface area (Å²) in [7, 11) is 0. The number of thioether (sulfide) groups is 1. The van der Waals surface area contributed by atoms with Gasteiger partial charge in [0.25, 0.3) is 0 Å². The minimum atomic E-state index is -0.134. The topological polar surface area (TPSA) is 83.6 Å². The molecule has 2 N–H and O–H groups in total. The Morgan fingerprint density at radius 3 is 2.95 bits per heavy atom. The SMILES string of the molecule is CC(C)Cc1nc(SCC(=O)Nc2ccc(Br)cn2)n[nH]1. The lowest BCUT2D eigenvalue weighted by Gasteiger charge is -2.02. The van der Waals surface area contributed by atoms with Crippen LogP contribution >= 0.6 is 27.7 Å². The number of nitrogens with one attached hydrogen (secondary N) is 2. The van der Waals surface area contributed by atoms with Gasteiger partial charge in [0.05, 0.1) is 5.75 Å². The van der Waals surface area contributed by atoms with Crippen LogP contribution in [-0.4, -0.2) is 31.8 Å². The van der Waals surface area contributed by atoms with E-state index in [0.29, 0.717) is 16.9 Å². The molecule has 0 bridgehead atoms. The van der Waals surface area contributed by atoms with Crippen LogP contribution in [0.2, 0.25) is 0 Å². The predicted molar refractivity (Wildman–Crippen MR) is 86.2 cm³/mol. The largest absolute Gasteiger partial charge is 0.310 e. The van der Waals surface area contributed by atoms with Crippen molar-refractivity contribution in [3.63, 3.8) is 0 Å². The molecule has 0 aromatic carbocycles. The van der Waals surface area contributed by atoms with Crippen LogP contribution in [-0.2, 0) is 11.2 Å². The third-order valence-corrected chi connectivity index (χ3v) is 3.76. The molecule has 2 rings (SSSR count). The highest BCUT2D eigenvalue weighted by Crippen LogP contribution is 2.15. The second-order valence-electron chi connectivity index (χ2n) is 4.86. The first-order valence-electron chi connectivity index (χ1n) is 6.48. The van der Waals surface area contributed by atoms with Gasteiger partial charge in [-0.25, -0.2) is 9.97 Å². The Bertz CT molecular complexity index is 599. The van der Waals surface area contributed by atoms with Gasteiger partial charge in [0.1, 0.15) is 11.6 Å². The Kier molecular flexibility index (Phi) is 5.75. The quantitative estimate of drug-likeness (QED) is 0.764. The van der Waals surface area contributed by atoms with Gasteiger partial charge in [0.2, 0.25) is 11.1 Å². The summed E-state index contributed by atoms with van der Waals surface area (Å²) in [6.07, 6.45) is 2.48. The molecule has 0 aliphatic heterocycles. The summed E-state index contributed by atoms with van der Waals surface area (Å²) < 4.78 is 0.869. The van der Waals surface area contributed by atoms with Gasteiger partial charge >= 0.3 is 0 Å². The fourth-order valence-electron chi connectivity index (χ4n) is 1.58. The average Bonchev–Trinajstić information content (AvgIpc) is 2.86. The predicted octanol–water partition coefficient (Wildman–Crippen LogP) is 2.89. The maximum Gasteiger partial charge on any atom is 0.236 e. The minimum Gasteiger partial charge on any atom is -0.310 e. The highest BCUT2D eigenvalue weighted by atomic mass is 79.9. The van der Waals surface area contributed by atoms with E-state index in [1.54, 1.807) is 12.3 Å². The molecule has 0 atom stereocenters. The van der Waals surface area contributed by atoms with E-state index in [1.807, 2.05) is 6.07 Å². The van der Waals surface area contributed by atoms with Crippen molar-refractivity contribution in [3.8, 4) is 0 Å². The Morgan fingerprint density at radius 1 is 1.48 bits per heavy atom. The number of rotatable bonds is 6. The van der Waals surface area contributed by atoms with Crippen molar-refractivity contribution in [1.29, 1.82) is 0 Å². The van der Waals surface area contributed by atoms with Crippen LogP contribution in [0.4, 0.5) is 5.82 Å². The minimum absolute atomic E-state index is 0.134. The van der Waals surface area contributed by atoms with Gasteiger partial charge in [-0.05, 0) is 34.0 Å². The molecule has 0 saturated carbocycles. The van der Waals surface area contributed by atoms with Gasteiger partial charge in [-0.1, -0.05) is 25.6 Å². The number of carbonyl (C=O) groups is 1. The Labute approximate surface area is 135 Å². The van der Waals surface area contributed by atoms with Crippen molar-refractivity contribution in [2.75, 3.05) is 11.1 Å². The van der Waals surface area contributed by atoms with Crippen molar-refractivity contribution in [2.24, 2.45) is 5.92 Å². The summed E-state index contributed by atoms with van der Waals surface area (Å²) in [5.74, 6) is 2.01. The van der Waals surface area contributed by atoms with E-state index >= 15 is 0 Å². The van der Waals surface area contributed by atoms with Crippen molar-refractivity contribution < 1.29 is 4.79 Å². The number of pyridine rings is 1. The van der Waals surface area contributed by atoms with Gasteiger partial charge in [0.15, 0.2) is 0 Å². The number of aromatic nitrogens is 4. The lowest BCUT2D eigenvalue weighted by atomic mass is 10.1. The molecule has 2 aromatic rings. The van der Waals surface area contributed by atoms with Crippen LogP contribution < -0.4 is 5.32 Å². The number of H-pyrrole nitrogens is 1. The normalized spacial score (nSPS) is 10.9. The monoisotopic (exact) mass is 369 g/mol. The first kappa shape index (κ1) is 16.0. The van der Waals surface area contributed by atoms with E-state index in [2.05, 4.69) is 55.3 Å². The molecule has 6 nitrogen and oxygen atoms in total. The fraction of sp³-hybridized carbons (Fsp3) is 0.385. The van der Waals surface area contributed by atoms with Crippen LogP contribution in [0.3, 0.4) is 0 Å². The third-order valence-electron chi connectivity index (χ3n) is 2.44. The summed E-state index contributed by atoms with van der Waals surface area (Å²) in [6, 6.07) is 3.56. The number of amides is 1. The van der Waals surface area contributed by atoms with Crippen molar-refractivity contribution >= 4 is 39.4 Å². The molecule has 0 fully saturated rings. The highest BCUT2D eigenvalue weighted by Gasteiger charge is 2.09. The third kappa shape index (κ3) is 5.47. The van der Waals surface area contributed by atoms with Crippen LogP contribution in [0, 0.1) is 5.92 Å². The first-order valence-corrected chi connectivity index (χ1v) is 8.26. The Balaban J connectivity index is 1.81. The molecule has 0 aliphatic carbocycles. The standard InChI is InChI=1S/C13H16BrN5OS/c1-8(2)5-11-17-13(19-18-11)21-7-12(20)16-10-4-3-9(14)6-15-10/h3-4,6,8H,5,7H2,1-2H3,(H,15,16,20)(H,17,18,19). The molecule has 112 valence electrons. The molecule has 1 amide bonds. The van der Waals surface area contributed by atoms with Crippen LogP contribution in [0.5, 0.6) is 0 Å². The summed E-state index contributed by atoms with van der Waals surface area (Å²) in [6.45, 7) is 4.24. The van der Waals surface area contributed by atoms with Gasteiger partial charge in [0, 0.05) is 17.1 Å². The molecule has 0 saturated heterocycles. The van der Waals surface area contributed by atoms with E-state index in [-0.39, 0.29) is 11.7 Å². The molecule has 0 aliphatic rings. The zero-order valence-electron chi connectivity index (χ0n) is 11.8. The van der Waals surface area contributed by atoms with Gasteiger partial charge in [-0.2, -0.15) is 0 Å². The van der Waals surface area contributed by atoms with E-state index in [0.717, 1.165) is 16.7 Å². The fourth-order valence-corrected chi connectivity index (χ4v) is 2.43. The molecule has 2 aromatic heterocycles. The Hall–Kier alpha value is -1.41. The van der Waals surface area contributed by atoms with E-state index in [9.17, 15) is 4.79 Å². The lowest BCUT2D eigenvalue weighted by molar-refractivity contribution is -0.113. The van der Waals surface area contributed by atoms with Gasteiger partial charge in [-0.15, -0.1) is 5.10 Å². The van der Waals surface area contributed by atoms with Gasteiger partial charge < -0.3 is 5.32 Å². The van der Waals surface area contributed by atoms with E-state index in [4.69, 9.17) is 0 Å². The second kappa shape index (κ2) is 7.56. The summed E-state index contributed by atoms with van der Waals surface area (Å²) in [4.78, 5) is 20.2. The number of carbonyl (C=O) groups excluding carboxylic acids is 1. The van der Waals surface area contributed by atoms with Crippen LogP contribution in [0.1, 0.15) is 19.7 Å². The smallest absolute Gasteiger partial charge is 0.236 e.